The van der Waals surface area contributed by atoms with Gasteiger partial charge in [0.05, 0.1) is 4.47 Å². The second-order valence-electron chi connectivity index (χ2n) is 2.46. The second-order valence-corrected chi connectivity index (χ2v) is 4.34. The maximum absolute atomic E-state index is 9.21. The molecule has 0 aliphatic heterocycles. The molecule has 2 nitrogen and oxygen atoms in total. The zero-order chi connectivity index (χ0) is 8.72. The van der Waals surface area contributed by atoms with Crippen molar-refractivity contribution in [2.45, 2.75) is 0 Å². The minimum absolute atomic E-state index is 0.265. The molecule has 0 radical (unpaired) electrons. The molecular formula is C8H6BrNOS. The van der Waals surface area contributed by atoms with Gasteiger partial charge in [-0.15, -0.1) is 11.3 Å². The molecule has 0 unspecified atom stereocenters. The topological polar surface area (TPSA) is 46.2 Å². The first kappa shape index (κ1) is 7.89. The number of anilines is 1. The summed E-state index contributed by atoms with van der Waals surface area (Å²) < 4.78 is 1.95. The normalized spacial score (nSPS) is 10.8. The molecule has 3 N–H and O–H groups in total. The number of hydrogen-bond donors (Lipinski definition) is 2. The Bertz CT molecular complexity index is 438. The highest BCUT2D eigenvalue weighted by Crippen LogP contribution is 2.38. The molecule has 0 spiro atoms. The number of phenols is 1. The summed E-state index contributed by atoms with van der Waals surface area (Å²) in [6, 6.07) is 5.22. The van der Waals surface area contributed by atoms with Gasteiger partial charge < -0.3 is 10.8 Å². The van der Waals surface area contributed by atoms with Crippen molar-refractivity contribution in [1.29, 1.82) is 0 Å². The highest BCUT2D eigenvalue weighted by molar-refractivity contribution is 9.10. The van der Waals surface area contributed by atoms with E-state index in [1.54, 1.807) is 12.1 Å². The van der Waals surface area contributed by atoms with Gasteiger partial charge in [0.15, 0.2) is 0 Å². The number of aromatic hydroxyl groups is 1. The number of halogens is 1. The van der Waals surface area contributed by atoms with Gasteiger partial charge in [0.25, 0.3) is 0 Å². The van der Waals surface area contributed by atoms with E-state index in [0.717, 1.165) is 19.6 Å². The van der Waals surface area contributed by atoms with E-state index in [9.17, 15) is 5.11 Å². The number of thiophene rings is 1. The van der Waals surface area contributed by atoms with Gasteiger partial charge in [-0.3, -0.25) is 0 Å². The predicted molar refractivity (Wildman–Crippen MR) is 55.6 cm³/mol. The lowest BCUT2D eigenvalue weighted by Gasteiger charge is -1.91. The maximum Gasteiger partial charge on any atom is 0.116 e. The summed E-state index contributed by atoms with van der Waals surface area (Å²) in [5.41, 5.74) is 5.69. The fourth-order valence-corrected chi connectivity index (χ4v) is 2.62. The Morgan fingerprint density at radius 3 is 2.92 bits per heavy atom. The summed E-state index contributed by atoms with van der Waals surface area (Å²) in [5.74, 6) is 0.265. The zero-order valence-corrected chi connectivity index (χ0v) is 8.45. The molecule has 0 amide bonds. The SMILES string of the molecule is Nc1sc2ccc(O)cc2c1Br. The Hall–Kier alpha value is -0.740. The molecule has 0 aliphatic carbocycles. The lowest BCUT2D eigenvalue weighted by Crippen LogP contribution is -1.76. The molecule has 1 aromatic carbocycles. The van der Waals surface area contributed by atoms with Crippen molar-refractivity contribution in [3.8, 4) is 5.75 Å². The van der Waals surface area contributed by atoms with E-state index in [2.05, 4.69) is 15.9 Å². The molecule has 1 aromatic heterocycles. The molecule has 2 rings (SSSR count). The molecule has 62 valence electrons. The van der Waals surface area contributed by atoms with Crippen molar-refractivity contribution in [2.24, 2.45) is 0 Å². The summed E-state index contributed by atoms with van der Waals surface area (Å²) >= 11 is 4.87. The van der Waals surface area contributed by atoms with Crippen molar-refractivity contribution in [3.63, 3.8) is 0 Å². The fraction of sp³-hybridized carbons (Fsp3) is 0. The first-order valence-electron chi connectivity index (χ1n) is 3.35. The molecule has 2 aromatic rings. The van der Waals surface area contributed by atoms with Gasteiger partial charge in [-0.05, 0) is 34.1 Å². The van der Waals surface area contributed by atoms with Crippen molar-refractivity contribution >= 4 is 42.4 Å². The van der Waals surface area contributed by atoms with Gasteiger partial charge in [-0.2, -0.15) is 0 Å². The summed E-state index contributed by atoms with van der Waals surface area (Å²) in [7, 11) is 0. The number of hydrogen-bond acceptors (Lipinski definition) is 3. The van der Waals surface area contributed by atoms with Crippen LogP contribution in [0.3, 0.4) is 0 Å². The average Bonchev–Trinajstić information content (AvgIpc) is 2.31. The number of fused-ring (bicyclic) bond motifs is 1. The minimum Gasteiger partial charge on any atom is -0.508 e. The van der Waals surface area contributed by atoms with Crippen LogP contribution in [0.4, 0.5) is 5.00 Å². The van der Waals surface area contributed by atoms with E-state index < -0.39 is 0 Å². The summed E-state index contributed by atoms with van der Waals surface area (Å²) in [5, 5.41) is 10.9. The molecule has 0 saturated heterocycles. The van der Waals surface area contributed by atoms with Gasteiger partial charge in [-0.25, -0.2) is 0 Å². The Morgan fingerprint density at radius 1 is 1.42 bits per heavy atom. The molecule has 0 fully saturated rings. The lowest BCUT2D eigenvalue weighted by molar-refractivity contribution is 0.476. The number of rotatable bonds is 0. The van der Waals surface area contributed by atoms with E-state index in [-0.39, 0.29) is 5.75 Å². The quantitative estimate of drug-likeness (QED) is 0.748. The molecule has 0 aliphatic rings. The Morgan fingerprint density at radius 2 is 2.17 bits per heavy atom. The summed E-state index contributed by atoms with van der Waals surface area (Å²) in [4.78, 5) is 0. The van der Waals surface area contributed by atoms with Gasteiger partial charge >= 0.3 is 0 Å². The van der Waals surface area contributed by atoms with Gasteiger partial charge in [-0.1, -0.05) is 0 Å². The van der Waals surface area contributed by atoms with E-state index in [4.69, 9.17) is 5.73 Å². The Balaban J connectivity index is 2.88. The zero-order valence-electron chi connectivity index (χ0n) is 6.04. The molecule has 0 bridgehead atoms. The van der Waals surface area contributed by atoms with E-state index in [1.165, 1.54) is 11.3 Å². The first-order valence-corrected chi connectivity index (χ1v) is 4.96. The number of nitrogen functional groups attached to an aromatic ring is 1. The molecular weight excluding hydrogens is 238 g/mol. The highest BCUT2D eigenvalue weighted by atomic mass is 79.9. The fourth-order valence-electron chi connectivity index (χ4n) is 1.07. The molecule has 12 heavy (non-hydrogen) atoms. The number of phenolic OH excluding ortho intramolecular Hbond substituents is 1. The van der Waals surface area contributed by atoms with Crippen LogP contribution in [0.15, 0.2) is 22.7 Å². The van der Waals surface area contributed by atoms with Crippen LogP contribution < -0.4 is 5.73 Å². The maximum atomic E-state index is 9.21. The second kappa shape index (κ2) is 2.64. The Labute approximate surface area is 81.8 Å². The largest absolute Gasteiger partial charge is 0.508 e. The third kappa shape index (κ3) is 1.07. The van der Waals surface area contributed by atoms with Crippen LogP contribution in [0.25, 0.3) is 10.1 Å². The van der Waals surface area contributed by atoms with Gasteiger partial charge in [0.1, 0.15) is 10.8 Å². The van der Waals surface area contributed by atoms with Crippen LogP contribution in [-0.2, 0) is 0 Å². The average molecular weight is 244 g/mol. The number of benzene rings is 1. The lowest BCUT2D eigenvalue weighted by atomic mass is 10.2. The number of nitrogens with two attached hydrogens (primary N) is 1. The van der Waals surface area contributed by atoms with Crippen LogP contribution in [-0.4, -0.2) is 5.11 Å². The molecule has 0 saturated carbocycles. The standard InChI is InChI=1S/C8H6BrNOS/c9-7-5-3-4(11)1-2-6(5)12-8(7)10/h1-3,11H,10H2. The first-order chi connectivity index (χ1) is 5.68. The van der Waals surface area contributed by atoms with Crippen molar-refractivity contribution < 1.29 is 5.11 Å². The summed E-state index contributed by atoms with van der Waals surface area (Å²) in [6.45, 7) is 0. The van der Waals surface area contributed by atoms with Crippen LogP contribution in [0.2, 0.25) is 0 Å². The molecule has 1 heterocycles. The molecule has 0 atom stereocenters. The smallest absolute Gasteiger partial charge is 0.116 e. The Kier molecular flexibility index (Phi) is 1.73. The third-order valence-corrected chi connectivity index (χ3v) is 3.75. The monoisotopic (exact) mass is 243 g/mol. The summed E-state index contributed by atoms with van der Waals surface area (Å²) in [6.07, 6.45) is 0. The van der Waals surface area contributed by atoms with E-state index in [1.807, 2.05) is 6.07 Å². The van der Waals surface area contributed by atoms with Crippen LogP contribution >= 0.6 is 27.3 Å². The minimum atomic E-state index is 0.265. The van der Waals surface area contributed by atoms with Gasteiger partial charge in [0.2, 0.25) is 0 Å². The van der Waals surface area contributed by atoms with Crippen molar-refractivity contribution in [1.82, 2.24) is 0 Å². The van der Waals surface area contributed by atoms with Crippen molar-refractivity contribution in [2.75, 3.05) is 5.73 Å². The predicted octanol–water partition coefficient (Wildman–Crippen LogP) is 2.95. The highest BCUT2D eigenvalue weighted by Gasteiger charge is 2.06. The van der Waals surface area contributed by atoms with E-state index in [0.29, 0.717) is 0 Å². The van der Waals surface area contributed by atoms with Crippen LogP contribution in [0, 0.1) is 0 Å². The van der Waals surface area contributed by atoms with Crippen LogP contribution in [0.1, 0.15) is 0 Å². The van der Waals surface area contributed by atoms with Gasteiger partial charge in [0, 0.05) is 10.1 Å². The third-order valence-electron chi connectivity index (χ3n) is 1.64. The van der Waals surface area contributed by atoms with Crippen LogP contribution in [0.5, 0.6) is 5.75 Å². The van der Waals surface area contributed by atoms with E-state index >= 15 is 0 Å². The molecule has 4 heteroatoms. The van der Waals surface area contributed by atoms with Crippen molar-refractivity contribution in [3.05, 3.63) is 22.7 Å².